The van der Waals surface area contributed by atoms with Gasteiger partial charge in [0.2, 0.25) is 0 Å². The van der Waals surface area contributed by atoms with Gasteiger partial charge in [0.05, 0.1) is 6.61 Å². The Hall–Kier alpha value is -1.71. The highest BCUT2D eigenvalue weighted by molar-refractivity contribution is 6.00. The van der Waals surface area contributed by atoms with E-state index in [0.29, 0.717) is 6.61 Å². The van der Waals surface area contributed by atoms with Gasteiger partial charge in [-0.3, -0.25) is 14.6 Å². The third-order valence-electron chi connectivity index (χ3n) is 2.66. The molecular weight excluding hydrogens is 230 g/mol. The monoisotopic (exact) mass is 249 g/mol. The summed E-state index contributed by atoms with van der Waals surface area (Å²) < 4.78 is 4.95. The molecule has 0 aromatic carbocycles. The van der Waals surface area contributed by atoms with Crippen LogP contribution < -0.4 is 0 Å². The van der Waals surface area contributed by atoms with Gasteiger partial charge in [0.25, 0.3) is 0 Å². The van der Waals surface area contributed by atoms with E-state index in [4.69, 9.17) is 4.74 Å². The van der Waals surface area contributed by atoms with Crippen molar-refractivity contribution in [1.29, 1.82) is 0 Å². The summed E-state index contributed by atoms with van der Waals surface area (Å²) in [4.78, 5) is 27.9. The molecule has 1 heterocycles. The smallest absolute Gasteiger partial charge is 0.316 e. The molecule has 1 rings (SSSR count). The average Bonchev–Trinajstić information content (AvgIpc) is 2.30. The summed E-state index contributed by atoms with van der Waals surface area (Å²) in [5.74, 6) is -1.30. The Morgan fingerprint density at radius 1 is 1.39 bits per heavy atom. The molecule has 0 N–H and O–H groups in total. The van der Waals surface area contributed by atoms with E-state index in [1.54, 1.807) is 25.4 Å². The van der Waals surface area contributed by atoms with E-state index in [0.717, 1.165) is 5.56 Å². The largest absolute Gasteiger partial charge is 0.465 e. The van der Waals surface area contributed by atoms with Crippen LogP contribution in [0.25, 0.3) is 0 Å². The van der Waals surface area contributed by atoms with Gasteiger partial charge >= 0.3 is 5.97 Å². The Morgan fingerprint density at radius 2 is 2.11 bits per heavy atom. The Kier molecular flexibility index (Phi) is 5.49. The number of nitrogens with zero attached hydrogens (tertiary/aromatic N) is 1. The van der Waals surface area contributed by atoms with E-state index in [9.17, 15) is 9.59 Å². The molecule has 0 radical (unpaired) electrons. The first kappa shape index (κ1) is 14.4. The van der Waals surface area contributed by atoms with Gasteiger partial charge in [-0.25, -0.2) is 0 Å². The number of hydrogen-bond donors (Lipinski definition) is 0. The average molecular weight is 249 g/mol. The molecular formula is C14H19NO3. The lowest BCUT2D eigenvalue weighted by molar-refractivity contribution is -0.153. The minimum absolute atomic E-state index is 0.0618. The van der Waals surface area contributed by atoms with Gasteiger partial charge in [-0.15, -0.1) is 0 Å². The molecule has 0 saturated carbocycles. The van der Waals surface area contributed by atoms with Gasteiger partial charge in [0.15, 0.2) is 5.78 Å². The van der Waals surface area contributed by atoms with Crippen molar-refractivity contribution in [3.05, 3.63) is 30.1 Å². The fourth-order valence-electron chi connectivity index (χ4n) is 1.82. The van der Waals surface area contributed by atoms with Crippen LogP contribution in [0, 0.1) is 11.8 Å². The molecule has 1 unspecified atom stereocenters. The lowest BCUT2D eigenvalue weighted by atomic mass is 9.88. The number of rotatable bonds is 6. The second-order valence-electron chi connectivity index (χ2n) is 4.48. The summed E-state index contributed by atoms with van der Waals surface area (Å²) >= 11 is 0. The van der Waals surface area contributed by atoms with Crippen LogP contribution in [-0.4, -0.2) is 23.3 Å². The topological polar surface area (TPSA) is 56.3 Å². The summed E-state index contributed by atoms with van der Waals surface area (Å²) in [5, 5.41) is 0. The maximum Gasteiger partial charge on any atom is 0.316 e. The number of Topliss-reactive ketones (excluding diaryl/α,β-unsaturated/α-hetero) is 1. The summed E-state index contributed by atoms with van der Waals surface area (Å²) in [5.41, 5.74) is 0.817. The van der Waals surface area contributed by atoms with Crippen LogP contribution in [0.3, 0.4) is 0 Å². The number of carbonyl (C=O) groups excluding carboxylic acids is 2. The molecule has 0 spiro atoms. The first-order valence-electron chi connectivity index (χ1n) is 6.14. The van der Waals surface area contributed by atoms with E-state index >= 15 is 0 Å². The Labute approximate surface area is 107 Å². The van der Waals surface area contributed by atoms with Gasteiger partial charge in [-0.05, 0) is 24.5 Å². The highest BCUT2D eigenvalue weighted by Gasteiger charge is 2.30. The number of pyridine rings is 1. The van der Waals surface area contributed by atoms with E-state index in [2.05, 4.69) is 4.98 Å². The third kappa shape index (κ3) is 3.95. The van der Waals surface area contributed by atoms with Crippen LogP contribution >= 0.6 is 0 Å². The van der Waals surface area contributed by atoms with Crippen LogP contribution in [-0.2, 0) is 20.7 Å². The molecule has 0 aliphatic carbocycles. The second kappa shape index (κ2) is 6.89. The zero-order valence-electron chi connectivity index (χ0n) is 11.1. The SMILES string of the molecule is CCOC(=O)C(C(=O)Cc1cccnc1)C(C)C. The molecule has 0 aliphatic heterocycles. The Balaban J connectivity index is 2.75. The van der Waals surface area contributed by atoms with Crippen molar-refractivity contribution in [3.8, 4) is 0 Å². The van der Waals surface area contributed by atoms with Crippen molar-refractivity contribution in [1.82, 2.24) is 4.98 Å². The zero-order chi connectivity index (χ0) is 13.5. The summed E-state index contributed by atoms with van der Waals surface area (Å²) in [6, 6.07) is 3.60. The summed E-state index contributed by atoms with van der Waals surface area (Å²) in [6.45, 7) is 5.73. The highest BCUT2D eigenvalue weighted by Crippen LogP contribution is 2.16. The van der Waals surface area contributed by atoms with E-state index in [1.807, 2.05) is 19.9 Å². The maximum atomic E-state index is 12.1. The normalized spacial score (nSPS) is 12.2. The fraction of sp³-hybridized carbons (Fsp3) is 0.500. The summed E-state index contributed by atoms with van der Waals surface area (Å²) in [7, 11) is 0. The van der Waals surface area contributed by atoms with Gasteiger partial charge in [0, 0.05) is 18.8 Å². The molecule has 0 bridgehead atoms. The molecule has 1 atom stereocenters. The van der Waals surface area contributed by atoms with Crippen LogP contribution in [0.1, 0.15) is 26.3 Å². The van der Waals surface area contributed by atoms with Crippen molar-refractivity contribution in [3.63, 3.8) is 0 Å². The van der Waals surface area contributed by atoms with Gasteiger partial charge in [-0.2, -0.15) is 0 Å². The molecule has 0 saturated heterocycles. The van der Waals surface area contributed by atoms with E-state index < -0.39 is 11.9 Å². The Morgan fingerprint density at radius 3 is 2.61 bits per heavy atom. The molecule has 4 nitrogen and oxygen atoms in total. The summed E-state index contributed by atoms with van der Waals surface area (Å²) in [6.07, 6.45) is 3.51. The van der Waals surface area contributed by atoms with Crippen molar-refractivity contribution in [2.24, 2.45) is 11.8 Å². The lowest BCUT2D eigenvalue weighted by Gasteiger charge is -2.17. The minimum atomic E-state index is -0.690. The molecule has 18 heavy (non-hydrogen) atoms. The predicted octanol–water partition coefficient (Wildman–Crippen LogP) is 2.03. The number of carbonyl (C=O) groups is 2. The van der Waals surface area contributed by atoms with Crippen LogP contribution in [0.4, 0.5) is 0 Å². The van der Waals surface area contributed by atoms with Crippen LogP contribution in [0.5, 0.6) is 0 Å². The maximum absolute atomic E-state index is 12.1. The second-order valence-corrected chi connectivity index (χ2v) is 4.48. The number of esters is 1. The lowest BCUT2D eigenvalue weighted by Crippen LogP contribution is -2.31. The van der Waals surface area contributed by atoms with Gasteiger partial charge in [-0.1, -0.05) is 19.9 Å². The van der Waals surface area contributed by atoms with Crippen LogP contribution in [0.2, 0.25) is 0 Å². The van der Waals surface area contributed by atoms with Crippen molar-refractivity contribution in [2.75, 3.05) is 6.61 Å². The Bertz CT molecular complexity index is 401. The molecule has 98 valence electrons. The number of hydrogen-bond acceptors (Lipinski definition) is 4. The first-order chi connectivity index (χ1) is 8.56. The standard InChI is InChI=1S/C14H19NO3/c1-4-18-14(17)13(10(2)3)12(16)8-11-6-5-7-15-9-11/h5-7,9-10,13H,4,8H2,1-3H3. The predicted molar refractivity (Wildman–Crippen MR) is 67.9 cm³/mol. The van der Waals surface area contributed by atoms with Crippen LogP contribution in [0.15, 0.2) is 24.5 Å². The van der Waals surface area contributed by atoms with E-state index in [-0.39, 0.29) is 18.1 Å². The first-order valence-corrected chi connectivity index (χ1v) is 6.14. The molecule has 0 aliphatic rings. The minimum Gasteiger partial charge on any atom is -0.465 e. The van der Waals surface area contributed by atoms with Crippen molar-refractivity contribution < 1.29 is 14.3 Å². The highest BCUT2D eigenvalue weighted by atomic mass is 16.5. The fourth-order valence-corrected chi connectivity index (χ4v) is 1.82. The van der Waals surface area contributed by atoms with E-state index in [1.165, 1.54) is 0 Å². The zero-order valence-corrected chi connectivity index (χ0v) is 11.1. The molecule has 1 aromatic rings. The van der Waals surface area contributed by atoms with Crippen molar-refractivity contribution >= 4 is 11.8 Å². The van der Waals surface area contributed by atoms with Crippen molar-refractivity contribution in [2.45, 2.75) is 27.2 Å². The molecule has 0 amide bonds. The third-order valence-corrected chi connectivity index (χ3v) is 2.66. The van der Waals surface area contributed by atoms with Gasteiger partial charge < -0.3 is 4.74 Å². The number of ether oxygens (including phenoxy) is 1. The molecule has 0 fully saturated rings. The number of ketones is 1. The van der Waals surface area contributed by atoms with Gasteiger partial charge in [0.1, 0.15) is 5.92 Å². The molecule has 1 aromatic heterocycles. The number of aromatic nitrogens is 1. The molecule has 4 heteroatoms. The quantitative estimate of drug-likeness (QED) is 0.572.